The molecule has 37 heavy (non-hydrogen) atoms. The van der Waals surface area contributed by atoms with Crippen molar-refractivity contribution >= 4 is 39.9 Å². The van der Waals surface area contributed by atoms with Crippen molar-refractivity contribution in [2.45, 2.75) is 5.54 Å². The summed E-state index contributed by atoms with van der Waals surface area (Å²) in [6.07, 6.45) is 0. The van der Waals surface area contributed by atoms with Gasteiger partial charge in [-0.1, -0.05) is 96.2 Å². The molecule has 7 nitrogen and oxygen atoms in total. The van der Waals surface area contributed by atoms with E-state index in [1.807, 2.05) is 60.7 Å². The second kappa shape index (κ2) is 12.7. The Morgan fingerprint density at radius 3 is 2.03 bits per heavy atom. The van der Waals surface area contributed by atoms with Crippen LogP contribution in [0.1, 0.15) is 22.4 Å². The molecular weight excluding hydrogens is 504 g/mol. The predicted molar refractivity (Wildman–Crippen MR) is 148 cm³/mol. The quantitative estimate of drug-likeness (QED) is 0.107. The van der Waals surface area contributed by atoms with Gasteiger partial charge in [0.05, 0.1) is 11.8 Å². The van der Waals surface area contributed by atoms with Gasteiger partial charge in [-0.15, -0.1) is 23.1 Å². The summed E-state index contributed by atoms with van der Waals surface area (Å²) in [4.78, 5) is 21.7. The van der Waals surface area contributed by atoms with Crippen LogP contribution in [-0.2, 0) is 15.2 Å². The molecule has 3 aromatic carbocycles. The molecule has 1 aromatic heterocycles. The highest BCUT2D eigenvalue weighted by atomic mass is 32.2. The van der Waals surface area contributed by atoms with E-state index in [9.17, 15) is 9.90 Å². The zero-order valence-corrected chi connectivity index (χ0v) is 21.4. The van der Waals surface area contributed by atoms with Crippen LogP contribution in [0.2, 0.25) is 0 Å². The minimum atomic E-state index is -1.23. The van der Waals surface area contributed by atoms with E-state index in [0.717, 1.165) is 16.7 Å². The average molecular weight is 529 g/mol. The lowest BCUT2D eigenvalue weighted by Crippen LogP contribution is -2.38. The number of hydrogen-bond donors (Lipinski definition) is 2. The molecule has 9 heteroatoms. The van der Waals surface area contributed by atoms with Crippen molar-refractivity contribution < 1.29 is 14.7 Å². The summed E-state index contributed by atoms with van der Waals surface area (Å²) in [7, 11) is 0. The Balaban J connectivity index is 1.72. The largest absolute Gasteiger partial charge is 0.476 e. The Hall–Kier alpha value is -4.13. The van der Waals surface area contributed by atoms with Crippen molar-refractivity contribution in [3.8, 4) is 6.07 Å². The first-order valence-corrected chi connectivity index (χ1v) is 13.5. The maximum absolute atomic E-state index is 11.9. The van der Waals surface area contributed by atoms with E-state index in [1.54, 1.807) is 5.38 Å². The van der Waals surface area contributed by atoms with Crippen LogP contribution in [0, 0.1) is 11.3 Å². The van der Waals surface area contributed by atoms with Gasteiger partial charge in [0.2, 0.25) is 5.71 Å². The summed E-state index contributed by atoms with van der Waals surface area (Å²) in [5, 5.41) is 28.0. The predicted octanol–water partition coefficient (Wildman–Crippen LogP) is 5.61. The number of rotatable bonds is 12. The van der Waals surface area contributed by atoms with Crippen LogP contribution in [0.4, 0.5) is 5.13 Å². The van der Waals surface area contributed by atoms with Crippen LogP contribution < -0.4 is 5.32 Å². The molecule has 0 atom stereocenters. The van der Waals surface area contributed by atoms with Crippen molar-refractivity contribution in [2.75, 3.05) is 23.4 Å². The van der Waals surface area contributed by atoms with Gasteiger partial charge in [0.1, 0.15) is 17.8 Å². The number of nitrogens with zero attached hydrogens (tertiary/aromatic N) is 3. The first kappa shape index (κ1) is 25.9. The summed E-state index contributed by atoms with van der Waals surface area (Å²) in [6, 6.07) is 32.3. The lowest BCUT2D eigenvalue weighted by molar-refractivity contribution is -0.129. The van der Waals surface area contributed by atoms with E-state index in [2.05, 4.69) is 51.9 Å². The second-order valence-electron chi connectivity index (χ2n) is 7.80. The lowest BCUT2D eigenvalue weighted by Gasteiger charge is -2.36. The van der Waals surface area contributed by atoms with Crippen LogP contribution >= 0.6 is 23.1 Å². The number of aliphatic carboxylic acids is 1. The van der Waals surface area contributed by atoms with E-state index in [4.69, 9.17) is 10.1 Å². The summed E-state index contributed by atoms with van der Waals surface area (Å²) >= 11 is 2.68. The number of carboxylic acid groups (broad SMARTS) is 1. The molecule has 0 aliphatic carbocycles. The van der Waals surface area contributed by atoms with E-state index >= 15 is 0 Å². The maximum atomic E-state index is 11.9. The third kappa shape index (κ3) is 6.17. The number of nitrogens with one attached hydrogen (secondary N) is 1. The molecule has 0 aliphatic rings. The lowest BCUT2D eigenvalue weighted by atomic mass is 9.77. The Morgan fingerprint density at radius 1 is 1.00 bits per heavy atom. The fourth-order valence-corrected chi connectivity index (χ4v) is 5.08. The van der Waals surface area contributed by atoms with E-state index in [1.165, 1.54) is 23.1 Å². The molecule has 4 aromatic rings. The molecule has 0 bridgehead atoms. The maximum Gasteiger partial charge on any atom is 0.360 e. The fraction of sp³-hybridized carbons (Fsp3) is 0.143. The minimum Gasteiger partial charge on any atom is -0.476 e. The molecule has 0 aliphatic heterocycles. The first-order chi connectivity index (χ1) is 18.1. The van der Waals surface area contributed by atoms with Gasteiger partial charge in [0.25, 0.3) is 0 Å². The molecule has 2 N–H and O–H groups in total. The van der Waals surface area contributed by atoms with E-state index < -0.39 is 11.5 Å². The number of benzene rings is 3. The van der Waals surface area contributed by atoms with Gasteiger partial charge < -0.3 is 15.3 Å². The van der Waals surface area contributed by atoms with Gasteiger partial charge >= 0.3 is 5.97 Å². The molecule has 0 radical (unpaired) electrons. The number of oxime groups is 1. The summed E-state index contributed by atoms with van der Waals surface area (Å²) in [5.41, 5.74) is 2.17. The Bertz CT molecular complexity index is 1270. The van der Waals surface area contributed by atoms with Crippen molar-refractivity contribution in [1.29, 1.82) is 5.26 Å². The fourth-order valence-electron chi connectivity index (χ4n) is 3.90. The third-order valence-corrected chi connectivity index (χ3v) is 7.05. The average Bonchev–Trinajstić information content (AvgIpc) is 3.40. The number of anilines is 1. The van der Waals surface area contributed by atoms with Crippen molar-refractivity contribution in [3.63, 3.8) is 0 Å². The van der Waals surface area contributed by atoms with Crippen LogP contribution in [0.25, 0.3) is 0 Å². The SMILES string of the molecule is N#CCSCCO/N=C(\C(=O)O)c1csc(NC(c2ccccc2)(c2ccccc2)c2ccccc2)n1. The number of carbonyl (C=O) groups is 1. The number of thioether (sulfide) groups is 1. The number of aromatic nitrogens is 1. The van der Waals surface area contributed by atoms with Gasteiger partial charge in [0.15, 0.2) is 5.13 Å². The molecule has 0 saturated heterocycles. The van der Waals surface area contributed by atoms with E-state index in [-0.39, 0.29) is 18.0 Å². The molecule has 4 rings (SSSR count). The number of nitriles is 1. The molecule has 0 spiro atoms. The summed E-state index contributed by atoms with van der Waals surface area (Å²) in [5.74, 6) is -0.366. The topological polar surface area (TPSA) is 108 Å². The molecule has 0 saturated carbocycles. The molecule has 0 unspecified atom stereocenters. The Kier molecular flexibility index (Phi) is 8.92. The van der Waals surface area contributed by atoms with Crippen molar-refractivity contribution in [1.82, 2.24) is 4.98 Å². The van der Waals surface area contributed by atoms with Crippen molar-refractivity contribution in [2.24, 2.45) is 5.16 Å². The first-order valence-electron chi connectivity index (χ1n) is 11.4. The van der Waals surface area contributed by atoms with Crippen LogP contribution in [0.5, 0.6) is 0 Å². The molecule has 1 heterocycles. The monoisotopic (exact) mass is 528 g/mol. The summed E-state index contributed by atoms with van der Waals surface area (Å²) in [6.45, 7) is 0.192. The highest BCUT2D eigenvalue weighted by Gasteiger charge is 2.37. The molecule has 0 amide bonds. The standard InChI is InChI=1S/C28H24N4O3S2/c29-16-18-36-19-17-35-32-25(26(33)34)24-20-37-27(30-24)31-28(21-10-4-1-5-11-21,22-12-6-2-7-13-22)23-14-8-3-9-15-23/h1-15,20H,17-19H2,(H,30,31)(H,33,34)/b32-25-. The number of hydrogen-bond acceptors (Lipinski definition) is 8. The van der Waals surface area contributed by atoms with Crippen molar-refractivity contribution in [3.05, 3.63) is 119 Å². The zero-order valence-electron chi connectivity index (χ0n) is 19.8. The van der Waals surface area contributed by atoms with Crippen LogP contribution in [0.15, 0.2) is 102 Å². The van der Waals surface area contributed by atoms with Gasteiger partial charge in [-0.05, 0) is 16.7 Å². The second-order valence-corrected chi connectivity index (χ2v) is 9.76. The summed E-state index contributed by atoms with van der Waals surface area (Å²) < 4.78 is 0. The number of thiazole rings is 1. The minimum absolute atomic E-state index is 0.192. The van der Waals surface area contributed by atoms with Gasteiger partial charge in [-0.25, -0.2) is 9.78 Å². The van der Waals surface area contributed by atoms with Gasteiger partial charge in [-0.2, -0.15) is 5.26 Å². The van der Waals surface area contributed by atoms with Gasteiger partial charge in [0, 0.05) is 11.1 Å². The molecular formula is C28H24N4O3S2. The van der Waals surface area contributed by atoms with Gasteiger partial charge in [-0.3, -0.25) is 0 Å². The molecule has 0 fully saturated rings. The van der Waals surface area contributed by atoms with Crippen LogP contribution in [0.3, 0.4) is 0 Å². The Labute approximate surface area is 223 Å². The number of carboxylic acids is 1. The Morgan fingerprint density at radius 2 is 1.54 bits per heavy atom. The van der Waals surface area contributed by atoms with E-state index in [0.29, 0.717) is 16.6 Å². The smallest absolute Gasteiger partial charge is 0.360 e. The third-order valence-electron chi connectivity index (χ3n) is 5.51. The highest BCUT2D eigenvalue weighted by Crippen LogP contribution is 2.40. The highest BCUT2D eigenvalue weighted by molar-refractivity contribution is 7.99. The normalized spacial score (nSPS) is 11.5. The molecule has 186 valence electrons. The van der Waals surface area contributed by atoms with Crippen LogP contribution in [-0.4, -0.2) is 39.9 Å². The zero-order chi connectivity index (χ0) is 25.9.